The predicted molar refractivity (Wildman–Crippen MR) is 168 cm³/mol. The molecule has 42 heavy (non-hydrogen) atoms. The van der Waals surface area contributed by atoms with Gasteiger partial charge in [0.15, 0.2) is 4.96 Å². The zero-order chi connectivity index (χ0) is 29.3. The van der Waals surface area contributed by atoms with Gasteiger partial charge in [-0.05, 0) is 96.3 Å². The highest BCUT2D eigenvalue weighted by Crippen LogP contribution is 2.35. The van der Waals surface area contributed by atoms with Gasteiger partial charge in [-0.25, -0.2) is 9.78 Å². The molecule has 2 aromatic heterocycles. The summed E-state index contributed by atoms with van der Waals surface area (Å²) in [6.45, 7) is 10.5. The fraction of sp³-hybridized carbons (Fsp3) is 0.485. The van der Waals surface area contributed by atoms with E-state index in [2.05, 4.69) is 45.1 Å². The number of carbonyl (C=O) groups excluding carboxylic acids is 2. The van der Waals surface area contributed by atoms with Gasteiger partial charge in [-0.1, -0.05) is 42.0 Å². The molecule has 4 aromatic rings. The van der Waals surface area contributed by atoms with Gasteiger partial charge in [0.2, 0.25) is 0 Å². The standard InChI is InChI=1S/C33H41N5O3S/c1-33(2,3)41-32(40)37-20-7-9-27(37)24-12-10-23(11-13-24)26-22-38-28-15-14-25(21-29(28)42-31(38)35-26)30(39)34-16-8-19-36-17-5-4-6-18-36/h10-15,21-22,27H,4-9,16-20H2,1-3H3,(H,34,39)/t27-/m0/s1. The van der Waals surface area contributed by atoms with Crippen molar-refractivity contribution in [1.82, 2.24) is 24.5 Å². The molecular weight excluding hydrogens is 546 g/mol. The summed E-state index contributed by atoms with van der Waals surface area (Å²) >= 11 is 1.59. The number of rotatable bonds is 7. The highest BCUT2D eigenvalue weighted by Gasteiger charge is 2.33. The van der Waals surface area contributed by atoms with Crippen LogP contribution in [-0.4, -0.2) is 69.5 Å². The van der Waals surface area contributed by atoms with E-state index in [0.717, 1.165) is 57.8 Å². The molecule has 0 radical (unpaired) electrons. The first kappa shape index (κ1) is 28.7. The van der Waals surface area contributed by atoms with Gasteiger partial charge in [0.25, 0.3) is 5.91 Å². The van der Waals surface area contributed by atoms with E-state index in [1.165, 1.54) is 32.4 Å². The first-order chi connectivity index (χ1) is 20.2. The van der Waals surface area contributed by atoms with Gasteiger partial charge in [-0.15, -0.1) is 0 Å². The maximum Gasteiger partial charge on any atom is 0.410 e. The molecule has 2 saturated heterocycles. The number of thiazole rings is 1. The van der Waals surface area contributed by atoms with E-state index < -0.39 is 5.60 Å². The van der Waals surface area contributed by atoms with Crippen LogP contribution in [-0.2, 0) is 4.74 Å². The predicted octanol–water partition coefficient (Wildman–Crippen LogP) is 6.89. The van der Waals surface area contributed by atoms with Gasteiger partial charge < -0.3 is 19.9 Å². The third kappa shape index (κ3) is 6.32. The number of amides is 2. The van der Waals surface area contributed by atoms with E-state index in [1.807, 2.05) is 43.9 Å². The SMILES string of the molecule is CC(C)(C)OC(=O)N1CCC[C@H]1c1ccc(-c2cn3c(n2)sc2cc(C(=O)NCCCN4CCCCC4)ccc23)cc1. The Balaban J connectivity index is 1.10. The Bertz CT molecular complexity index is 1560. The number of imidazole rings is 1. The number of carbonyl (C=O) groups is 2. The van der Waals surface area contributed by atoms with Gasteiger partial charge in [-0.2, -0.15) is 0 Å². The number of benzene rings is 2. The second kappa shape index (κ2) is 12.1. The molecule has 8 nitrogen and oxygen atoms in total. The number of aromatic nitrogens is 2. The number of fused-ring (bicyclic) bond motifs is 3. The number of ether oxygens (including phenoxy) is 1. The van der Waals surface area contributed by atoms with Crippen molar-refractivity contribution < 1.29 is 14.3 Å². The number of piperidine rings is 1. The van der Waals surface area contributed by atoms with Crippen molar-refractivity contribution in [3.8, 4) is 11.3 Å². The number of hydrogen-bond acceptors (Lipinski definition) is 6. The summed E-state index contributed by atoms with van der Waals surface area (Å²) in [4.78, 5) is 35.7. The van der Waals surface area contributed by atoms with Crippen molar-refractivity contribution >= 4 is 38.5 Å². The van der Waals surface area contributed by atoms with Gasteiger partial charge in [0, 0.05) is 30.4 Å². The molecule has 1 N–H and O–H groups in total. The van der Waals surface area contributed by atoms with Crippen LogP contribution in [0.4, 0.5) is 4.79 Å². The molecule has 2 aromatic carbocycles. The van der Waals surface area contributed by atoms with Crippen LogP contribution in [0.3, 0.4) is 0 Å². The highest BCUT2D eigenvalue weighted by molar-refractivity contribution is 7.23. The lowest BCUT2D eigenvalue weighted by Gasteiger charge is -2.28. The van der Waals surface area contributed by atoms with Crippen LogP contribution in [0.5, 0.6) is 0 Å². The first-order valence-corrected chi connectivity index (χ1v) is 16.1. The van der Waals surface area contributed by atoms with E-state index >= 15 is 0 Å². The fourth-order valence-electron chi connectivity index (χ4n) is 6.10. The number of nitrogens with zero attached hydrogens (tertiary/aromatic N) is 4. The topological polar surface area (TPSA) is 79.2 Å². The van der Waals surface area contributed by atoms with Crippen LogP contribution in [0.1, 0.15) is 81.3 Å². The van der Waals surface area contributed by atoms with E-state index in [1.54, 1.807) is 11.3 Å². The summed E-state index contributed by atoms with van der Waals surface area (Å²) in [5, 5.41) is 3.09. The van der Waals surface area contributed by atoms with Crippen LogP contribution in [0, 0.1) is 0 Å². The average molecular weight is 588 g/mol. The summed E-state index contributed by atoms with van der Waals surface area (Å²) in [5.74, 6) is -0.0186. The lowest BCUT2D eigenvalue weighted by atomic mass is 10.0. The monoisotopic (exact) mass is 587 g/mol. The molecule has 6 rings (SSSR count). The van der Waals surface area contributed by atoms with E-state index in [4.69, 9.17) is 9.72 Å². The minimum Gasteiger partial charge on any atom is -0.444 e. The molecule has 0 spiro atoms. The van der Waals surface area contributed by atoms with Crippen molar-refractivity contribution in [3.63, 3.8) is 0 Å². The Labute approximate surface area is 251 Å². The quantitative estimate of drug-likeness (QED) is 0.238. The Morgan fingerprint density at radius 1 is 1.02 bits per heavy atom. The molecule has 0 aliphatic carbocycles. The molecular formula is C33H41N5O3S. The van der Waals surface area contributed by atoms with Crippen LogP contribution in [0.15, 0.2) is 48.7 Å². The van der Waals surface area contributed by atoms with Crippen LogP contribution >= 0.6 is 11.3 Å². The molecule has 0 unspecified atom stereocenters. The molecule has 0 bridgehead atoms. The normalized spacial score (nSPS) is 18.2. The number of hydrogen-bond donors (Lipinski definition) is 1. The Morgan fingerprint density at radius 2 is 1.81 bits per heavy atom. The van der Waals surface area contributed by atoms with Crippen molar-refractivity contribution in [1.29, 1.82) is 0 Å². The average Bonchev–Trinajstić information content (AvgIpc) is 3.70. The summed E-state index contributed by atoms with van der Waals surface area (Å²) in [7, 11) is 0. The van der Waals surface area contributed by atoms with Gasteiger partial charge in [0.1, 0.15) is 5.60 Å². The van der Waals surface area contributed by atoms with Gasteiger partial charge in [-0.3, -0.25) is 9.20 Å². The van der Waals surface area contributed by atoms with E-state index in [0.29, 0.717) is 18.7 Å². The first-order valence-electron chi connectivity index (χ1n) is 15.3. The third-order valence-corrected chi connectivity index (χ3v) is 9.23. The Kier molecular flexibility index (Phi) is 8.23. The second-order valence-corrected chi connectivity index (χ2v) is 13.5. The molecule has 4 heterocycles. The lowest BCUT2D eigenvalue weighted by molar-refractivity contribution is 0.0224. The van der Waals surface area contributed by atoms with Crippen molar-refractivity contribution in [2.45, 2.75) is 70.9 Å². The molecule has 2 amide bonds. The van der Waals surface area contributed by atoms with Crippen LogP contribution < -0.4 is 5.32 Å². The van der Waals surface area contributed by atoms with Crippen LogP contribution in [0.2, 0.25) is 0 Å². The van der Waals surface area contributed by atoms with E-state index in [-0.39, 0.29) is 18.0 Å². The molecule has 9 heteroatoms. The minimum atomic E-state index is -0.507. The zero-order valence-electron chi connectivity index (χ0n) is 24.9. The molecule has 2 aliphatic rings. The second-order valence-electron chi connectivity index (χ2n) is 12.5. The lowest BCUT2D eigenvalue weighted by Crippen LogP contribution is -2.36. The molecule has 2 fully saturated rings. The van der Waals surface area contributed by atoms with E-state index in [9.17, 15) is 9.59 Å². The molecule has 1 atom stereocenters. The van der Waals surface area contributed by atoms with Crippen LogP contribution in [0.25, 0.3) is 26.4 Å². The summed E-state index contributed by atoms with van der Waals surface area (Å²) in [6.07, 6.45) is 8.63. The summed E-state index contributed by atoms with van der Waals surface area (Å²) in [5.41, 5.74) is 4.28. The zero-order valence-corrected chi connectivity index (χ0v) is 25.7. The van der Waals surface area contributed by atoms with Gasteiger partial charge >= 0.3 is 6.09 Å². The minimum absolute atomic E-state index is 0.0186. The largest absolute Gasteiger partial charge is 0.444 e. The van der Waals surface area contributed by atoms with Crippen molar-refractivity contribution in [3.05, 3.63) is 59.8 Å². The maximum absolute atomic E-state index is 12.8. The number of nitrogens with one attached hydrogen (secondary N) is 1. The maximum atomic E-state index is 12.8. The molecule has 0 saturated carbocycles. The number of likely N-dealkylation sites (tertiary alicyclic amines) is 2. The molecule has 222 valence electrons. The molecule has 2 aliphatic heterocycles. The van der Waals surface area contributed by atoms with Crippen molar-refractivity contribution in [2.75, 3.05) is 32.7 Å². The van der Waals surface area contributed by atoms with Gasteiger partial charge in [0.05, 0.1) is 22.0 Å². The highest BCUT2D eigenvalue weighted by atomic mass is 32.1. The summed E-state index contributed by atoms with van der Waals surface area (Å²) in [6, 6.07) is 14.3. The Hall–Kier alpha value is -3.43. The fourth-order valence-corrected chi connectivity index (χ4v) is 7.15. The third-order valence-electron chi connectivity index (χ3n) is 8.21. The summed E-state index contributed by atoms with van der Waals surface area (Å²) < 4.78 is 8.79. The smallest absolute Gasteiger partial charge is 0.410 e. The van der Waals surface area contributed by atoms with Crippen molar-refractivity contribution in [2.24, 2.45) is 0 Å². The Morgan fingerprint density at radius 3 is 2.57 bits per heavy atom.